The summed E-state index contributed by atoms with van der Waals surface area (Å²) in [4.78, 5) is 47.2. The number of aliphatic hydroxyl groups is 3. The number of amides is 1. The van der Waals surface area contributed by atoms with Crippen LogP contribution in [0, 0.1) is 37.5 Å². The Morgan fingerprint density at radius 3 is 2.25 bits per heavy atom. The number of aliphatic hydroxyl groups excluding tert-OH is 3. The Labute approximate surface area is 319 Å². The highest BCUT2D eigenvalue weighted by molar-refractivity contribution is 6.18. The van der Waals surface area contributed by atoms with Crippen LogP contribution in [-0.2, 0) is 14.3 Å². The molecular formula is C42H50N2O11. The summed E-state index contributed by atoms with van der Waals surface area (Å²) < 4.78 is 23.5. The molecule has 13 heteroatoms. The minimum absolute atomic E-state index is 0.0238. The van der Waals surface area contributed by atoms with Crippen LogP contribution in [-0.4, -0.2) is 75.4 Å². The first-order valence-electron chi connectivity index (χ1n) is 18.3. The number of rotatable bonds is 3. The largest absolute Gasteiger partial charge is 0.507 e. The van der Waals surface area contributed by atoms with Crippen LogP contribution in [0.15, 0.2) is 63.6 Å². The monoisotopic (exact) mass is 758 g/mol. The van der Waals surface area contributed by atoms with Crippen LogP contribution in [0.5, 0.6) is 11.5 Å². The van der Waals surface area contributed by atoms with Crippen LogP contribution in [0.3, 0.4) is 0 Å². The topological polar surface area (TPSA) is 198 Å². The molecule has 0 aromatic heterocycles. The van der Waals surface area contributed by atoms with Crippen molar-refractivity contribution < 1.29 is 48.6 Å². The third-order valence-corrected chi connectivity index (χ3v) is 10.7. The number of nitrogens with one attached hydrogen (secondary N) is 1. The number of esters is 1. The van der Waals surface area contributed by atoms with Gasteiger partial charge < -0.3 is 44.4 Å². The number of aromatic nitrogens is 1. The van der Waals surface area contributed by atoms with E-state index in [1.165, 1.54) is 33.1 Å². The first-order chi connectivity index (χ1) is 26.0. The minimum atomic E-state index is -1.11. The lowest BCUT2D eigenvalue weighted by atomic mass is 9.78. The molecule has 0 saturated heterocycles. The fourth-order valence-electron chi connectivity index (χ4n) is 7.14. The zero-order valence-corrected chi connectivity index (χ0v) is 32.5. The second-order valence-electron chi connectivity index (χ2n) is 14.5. The predicted octanol–water partition coefficient (Wildman–Crippen LogP) is 5.93. The second-order valence-corrected chi connectivity index (χ2v) is 14.5. The molecule has 1 aliphatic carbocycles. The lowest BCUT2D eigenvalue weighted by molar-refractivity contribution is -0.112. The van der Waals surface area contributed by atoms with Crippen molar-refractivity contribution in [3.8, 4) is 23.0 Å². The third kappa shape index (κ3) is 7.88. The zero-order chi connectivity index (χ0) is 40.5. The van der Waals surface area contributed by atoms with E-state index in [0.717, 1.165) is 11.8 Å². The number of carbonyl (C=O) groups excluding carboxylic acids is 2. The van der Waals surface area contributed by atoms with Gasteiger partial charge in [-0.05, 0) is 51.5 Å². The fraction of sp³-hybridized carbons (Fsp3) is 0.429. The molecule has 2 bridgehead atoms. The Morgan fingerprint density at radius 2 is 1.58 bits per heavy atom. The number of cyclic esters (lactones) is 1. The summed E-state index contributed by atoms with van der Waals surface area (Å²) in [7, 11) is 1.42. The highest BCUT2D eigenvalue weighted by Gasteiger charge is 2.37. The van der Waals surface area contributed by atoms with E-state index in [4.69, 9.17) is 23.6 Å². The Morgan fingerprint density at radius 1 is 0.909 bits per heavy atom. The van der Waals surface area contributed by atoms with Gasteiger partial charge in [0, 0.05) is 47.3 Å². The van der Waals surface area contributed by atoms with E-state index in [-0.39, 0.29) is 57.0 Å². The van der Waals surface area contributed by atoms with Crippen molar-refractivity contribution in [1.82, 2.24) is 4.98 Å². The lowest BCUT2D eigenvalue weighted by Crippen LogP contribution is -2.44. The molecule has 0 unspecified atom stereocenters. The van der Waals surface area contributed by atoms with Crippen molar-refractivity contribution in [3.05, 3.63) is 81.3 Å². The Balaban J connectivity index is 1.82. The summed E-state index contributed by atoms with van der Waals surface area (Å²) in [5.74, 6) is -4.77. The number of phenolic OH excluding ortho intramolecular Hbond substituents is 1. The van der Waals surface area contributed by atoms with Crippen LogP contribution < -0.4 is 15.5 Å². The number of ether oxygens (including phenoxy) is 3. The second kappa shape index (κ2) is 16.7. The number of allylic oxidation sites excluding steroid dienone is 2. The summed E-state index contributed by atoms with van der Waals surface area (Å²) in [5, 5.41) is 47.6. The molecule has 0 fully saturated rings. The van der Waals surface area contributed by atoms with Crippen LogP contribution in [0.1, 0.15) is 63.0 Å². The van der Waals surface area contributed by atoms with Gasteiger partial charge in [-0.3, -0.25) is 9.59 Å². The molecule has 2 aromatic rings. The lowest BCUT2D eigenvalue weighted by Gasteiger charge is -2.36. The molecule has 5 rings (SSSR count). The van der Waals surface area contributed by atoms with E-state index >= 15 is 0 Å². The number of hydrogen-bond donors (Lipinski definition) is 5. The SMILES string of the molecule is CCOc1c(C)c(O)c2c(=O)c3c4oc5cc(C)ccc5nc-4c2c1C(=O)O/C=C/[C@H](OC)[C@@H](C)[C@@H](O)[C@H](C)[C@H](O)[C@H](C)[C@@H](O)[C@@H](C)/C=C/C=C(/C)C(=O)N3. The highest BCUT2D eigenvalue weighted by atomic mass is 16.5. The number of carbonyl (C=O) groups is 2. The van der Waals surface area contributed by atoms with E-state index in [1.54, 1.807) is 58.9 Å². The maximum atomic E-state index is 14.5. The first kappa shape index (κ1) is 41.1. The quantitative estimate of drug-likeness (QED) is 0.0939. The third-order valence-electron chi connectivity index (χ3n) is 10.7. The van der Waals surface area contributed by atoms with Gasteiger partial charge in [0.05, 0.1) is 42.7 Å². The standard InChI is InChI=1S/C42H50N2O11/c1-10-53-39-25(8)37(48)30-29-31(39)42(51)54-17-16-27(52-9)22(5)35(46)24(7)36(47)23(6)34(45)20(3)12-11-13-21(4)41(50)44-33(38(30)49)40-32(29)43-26-15-14-19(2)18-28(26)55-40/h11-18,20,22-24,27,34-36,45-48H,10H2,1-9H3,(H,44,50)/b12-11+,17-16+,21-13-/t20-,22+,23+,24-,27-,34-,35+,36+/m0/s1. The molecule has 0 spiro atoms. The smallest absolute Gasteiger partial charge is 0.347 e. The summed E-state index contributed by atoms with van der Waals surface area (Å²) in [6.45, 7) is 13.5. The number of nitrogens with zero attached hydrogens (tertiary/aromatic N) is 1. The van der Waals surface area contributed by atoms with Crippen LogP contribution in [0.25, 0.3) is 33.3 Å². The number of aryl methyl sites for hydroxylation is 1. The van der Waals surface area contributed by atoms with Crippen LogP contribution in [0.2, 0.25) is 0 Å². The predicted molar refractivity (Wildman–Crippen MR) is 208 cm³/mol. The van der Waals surface area contributed by atoms with Gasteiger partial charge in [-0.1, -0.05) is 52.0 Å². The van der Waals surface area contributed by atoms with E-state index < -0.39 is 71.1 Å². The summed E-state index contributed by atoms with van der Waals surface area (Å²) in [5.41, 5.74) is 0.362. The van der Waals surface area contributed by atoms with Gasteiger partial charge in [0.25, 0.3) is 5.91 Å². The molecule has 0 radical (unpaired) electrons. The molecule has 2 aromatic carbocycles. The number of anilines is 1. The molecule has 8 atom stereocenters. The number of hydrogen-bond acceptors (Lipinski definition) is 12. The van der Waals surface area contributed by atoms with Crippen LogP contribution in [0.4, 0.5) is 5.69 Å². The summed E-state index contributed by atoms with van der Waals surface area (Å²) >= 11 is 0. The van der Waals surface area contributed by atoms with E-state index in [0.29, 0.717) is 11.1 Å². The molecule has 13 nitrogen and oxygen atoms in total. The number of methoxy groups -OCH3 is 1. The van der Waals surface area contributed by atoms with Gasteiger partial charge in [0.1, 0.15) is 34.0 Å². The van der Waals surface area contributed by atoms with Crippen molar-refractivity contribution in [3.63, 3.8) is 0 Å². The molecule has 55 heavy (non-hydrogen) atoms. The van der Waals surface area contributed by atoms with Gasteiger partial charge >= 0.3 is 5.97 Å². The maximum Gasteiger partial charge on any atom is 0.347 e. The Kier molecular flexibility index (Phi) is 12.5. The van der Waals surface area contributed by atoms with Gasteiger partial charge in [-0.2, -0.15) is 0 Å². The zero-order valence-electron chi connectivity index (χ0n) is 32.5. The van der Waals surface area contributed by atoms with Gasteiger partial charge in [-0.25, -0.2) is 9.78 Å². The molecule has 5 N–H and O–H groups in total. The molecule has 2 heterocycles. The maximum absolute atomic E-state index is 14.5. The number of fused-ring (bicyclic) bond motifs is 1. The van der Waals surface area contributed by atoms with Gasteiger partial charge in [0.2, 0.25) is 5.43 Å². The van der Waals surface area contributed by atoms with E-state index in [2.05, 4.69) is 5.32 Å². The average Bonchev–Trinajstić information content (AvgIpc) is 3.16. The fourth-order valence-corrected chi connectivity index (χ4v) is 7.14. The molecule has 0 saturated carbocycles. The Bertz CT molecular complexity index is 2220. The molecule has 1 amide bonds. The molecule has 2 aliphatic heterocycles. The van der Waals surface area contributed by atoms with Gasteiger partial charge in [0.15, 0.2) is 11.3 Å². The average molecular weight is 759 g/mol. The van der Waals surface area contributed by atoms with Gasteiger partial charge in [-0.15, -0.1) is 0 Å². The van der Waals surface area contributed by atoms with Crippen molar-refractivity contribution in [2.24, 2.45) is 23.7 Å². The Hall–Kier alpha value is -5.08. The summed E-state index contributed by atoms with van der Waals surface area (Å²) in [6, 6.07) is 5.23. The van der Waals surface area contributed by atoms with E-state index in [1.807, 2.05) is 13.0 Å². The normalized spacial score (nSPS) is 28.2. The molecule has 3 aliphatic rings. The van der Waals surface area contributed by atoms with Crippen molar-refractivity contribution >= 4 is 39.4 Å². The highest BCUT2D eigenvalue weighted by Crippen LogP contribution is 2.46. The number of aromatic hydroxyl groups is 1. The van der Waals surface area contributed by atoms with Crippen molar-refractivity contribution in [2.75, 3.05) is 19.0 Å². The first-order valence-corrected chi connectivity index (χ1v) is 18.3. The number of phenols is 1. The van der Waals surface area contributed by atoms with Crippen molar-refractivity contribution in [1.29, 1.82) is 0 Å². The summed E-state index contributed by atoms with van der Waals surface area (Å²) in [6.07, 6.45) is 3.29. The van der Waals surface area contributed by atoms with Crippen LogP contribution >= 0.6 is 0 Å². The van der Waals surface area contributed by atoms with E-state index in [9.17, 15) is 34.8 Å². The molecular weight excluding hydrogens is 708 g/mol. The minimum Gasteiger partial charge on any atom is -0.507 e. The van der Waals surface area contributed by atoms with Crippen molar-refractivity contribution in [2.45, 2.75) is 79.8 Å². The number of benzene rings is 3. The molecule has 294 valence electrons.